The fourth-order valence-electron chi connectivity index (χ4n) is 3.09. The molecule has 0 spiro atoms. The lowest BCUT2D eigenvalue weighted by Crippen LogP contribution is -2.40. The third kappa shape index (κ3) is 3.64. The molecule has 3 unspecified atom stereocenters. The first kappa shape index (κ1) is 16.5. The Morgan fingerprint density at radius 3 is 2.64 bits per heavy atom. The van der Waals surface area contributed by atoms with Gasteiger partial charge in [-0.25, -0.2) is 4.79 Å². The van der Waals surface area contributed by atoms with Gasteiger partial charge in [-0.05, 0) is 32.6 Å². The molecule has 2 amide bonds. The first-order valence-electron chi connectivity index (χ1n) is 7.73. The Bertz CT molecular complexity index is 413. The highest BCUT2D eigenvalue weighted by Crippen LogP contribution is 2.20. The van der Waals surface area contributed by atoms with Crippen molar-refractivity contribution in [3.8, 4) is 0 Å². The highest BCUT2D eigenvalue weighted by Gasteiger charge is 2.33. The first-order valence-corrected chi connectivity index (χ1v) is 7.73. The van der Waals surface area contributed by atoms with E-state index in [0.717, 1.165) is 19.1 Å². The minimum Gasteiger partial charge on any atom is -0.461 e. The zero-order chi connectivity index (χ0) is 16.1. The van der Waals surface area contributed by atoms with Gasteiger partial charge in [0.25, 0.3) is 0 Å². The summed E-state index contributed by atoms with van der Waals surface area (Å²) >= 11 is 0. The predicted molar refractivity (Wildman–Crippen MR) is 76.8 cm³/mol. The van der Waals surface area contributed by atoms with Gasteiger partial charge < -0.3 is 19.3 Å². The van der Waals surface area contributed by atoms with Crippen molar-refractivity contribution in [3.05, 3.63) is 0 Å². The maximum atomic E-state index is 12.2. The second-order valence-electron chi connectivity index (χ2n) is 5.89. The molecule has 2 saturated heterocycles. The van der Waals surface area contributed by atoms with Gasteiger partial charge in [-0.2, -0.15) is 0 Å². The number of likely N-dealkylation sites (tertiary alicyclic amines) is 2. The monoisotopic (exact) mass is 310 g/mol. The molecule has 0 N–H and O–H groups in total. The van der Waals surface area contributed by atoms with Crippen molar-refractivity contribution in [1.29, 1.82) is 0 Å². The summed E-state index contributed by atoms with van der Waals surface area (Å²) in [5.41, 5.74) is 0. The molecule has 0 radical (unpaired) electrons. The van der Waals surface area contributed by atoms with Gasteiger partial charge in [-0.3, -0.25) is 9.59 Å². The normalized spacial score (nSPS) is 25.9. The second-order valence-corrected chi connectivity index (χ2v) is 5.89. The number of amides is 2. The maximum absolute atomic E-state index is 12.2. The summed E-state index contributed by atoms with van der Waals surface area (Å²) in [5.74, 6) is -0.633. The van der Waals surface area contributed by atoms with E-state index in [1.165, 1.54) is 4.90 Å². The molecule has 0 aromatic heterocycles. The molecule has 0 aromatic carbocycles. The number of carbonyl (C=O) groups excluding carboxylic acids is 4. The van der Waals surface area contributed by atoms with E-state index in [1.54, 1.807) is 11.8 Å². The smallest absolute Gasteiger partial charge is 0.329 e. The Hall–Kier alpha value is -1.92. The third-order valence-electron chi connectivity index (χ3n) is 4.26. The minimum absolute atomic E-state index is 0.0594. The fraction of sp³-hybridized carbons (Fsp3) is 0.733. The van der Waals surface area contributed by atoms with Gasteiger partial charge >= 0.3 is 5.97 Å². The van der Waals surface area contributed by atoms with Crippen molar-refractivity contribution in [1.82, 2.24) is 9.80 Å². The lowest BCUT2D eigenvalue weighted by atomic mass is 10.2. The zero-order valence-corrected chi connectivity index (χ0v) is 12.8. The highest BCUT2D eigenvalue weighted by molar-refractivity contribution is 5.82. The Kier molecular flexibility index (Phi) is 5.51. The molecule has 2 fully saturated rings. The molecule has 3 atom stereocenters. The molecule has 0 aromatic rings. The van der Waals surface area contributed by atoms with Crippen LogP contribution >= 0.6 is 0 Å². The van der Waals surface area contributed by atoms with Crippen molar-refractivity contribution in [2.45, 2.75) is 57.2 Å². The number of aldehydes is 1. The predicted octanol–water partition coefficient (Wildman–Crippen LogP) is 0.119. The van der Waals surface area contributed by atoms with Crippen LogP contribution in [0.5, 0.6) is 0 Å². The molecular formula is C15H22N2O5. The molecule has 2 aliphatic rings. The molecular weight excluding hydrogens is 288 g/mol. The standard InChI is InChI=1S/C15H22N2O5/c1-11(8-14(20)17-7-2-4-12(17)9-18)22-15(21)13-5-3-6-16(13)10-19/h9-13H,2-8H2,1H3. The lowest BCUT2D eigenvalue weighted by Gasteiger charge is -2.24. The summed E-state index contributed by atoms with van der Waals surface area (Å²) in [7, 11) is 0. The van der Waals surface area contributed by atoms with E-state index in [-0.39, 0.29) is 18.4 Å². The summed E-state index contributed by atoms with van der Waals surface area (Å²) in [6.07, 6.45) is 3.83. The van der Waals surface area contributed by atoms with Crippen molar-refractivity contribution in [2.24, 2.45) is 0 Å². The molecule has 2 aliphatic heterocycles. The van der Waals surface area contributed by atoms with Crippen molar-refractivity contribution >= 4 is 24.6 Å². The van der Waals surface area contributed by atoms with Crippen LogP contribution in [0.2, 0.25) is 0 Å². The van der Waals surface area contributed by atoms with Gasteiger partial charge in [0.15, 0.2) is 0 Å². The number of hydrogen-bond donors (Lipinski definition) is 0. The zero-order valence-electron chi connectivity index (χ0n) is 12.8. The van der Waals surface area contributed by atoms with Crippen LogP contribution in [0.1, 0.15) is 39.0 Å². The summed E-state index contributed by atoms with van der Waals surface area (Å²) in [6.45, 7) is 2.79. The Morgan fingerprint density at radius 1 is 1.23 bits per heavy atom. The van der Waals surface area contributed by atoms with Gasteiger partial charge in [-0.15, -0.1) is 0 Å². The van der Waals surface area contributed by atoms with E-state index in [1.807, 2.05) is 0 Å². The van der Waals surface area contributed by atoms with Gasteiger partial charge in [-0.1, -0.05) is 0 Å². The molecule has 2 rings (SSSR count). The van der Waals surface area contributed by atoms with Crippen LogP contribution in [-0.2, 0) is 23.9 Å². The number of hydrogen-bond acceptors (Lipinski definition) is 5. The molecule has 0 aliphatic carbocycles. The number of rotatable bonds is 6. The molecule has 0 bridgehead atoms. The lowest BCUT2D eigenvalue weighted by molar-refractivity contribution is -0.157. The minimum atomic E-state index is -0.568. The van der Waals surface area contributed by atoms with Crippen LogP contribution in [0, 0.1) is 0 Å². The van der Waals surface area contributed by atoms with Gasteiger partial charge in [0.05, 0.1) is 12.5 Å². The Balaban J connectivity index is 1.83. The van der Waals surface area contributed by atoms with Crippen LogP contribution < -0.4 is 0 Å². The summed E-state index contributed by atoms with van der Waals surface area (Å²) in [5, 5.41) is 0. The Morgan fingerprint density at radius 2 is 1.95 bits per heavy atom. The van der Waals surface area contributed by atoms with Crippen molar-refractivity contribution in [3.63, 3.8) is 0 Å². The molecule has 7 heteroatoms. The molecule has 0 saturated carbocycles. The van der Waals surface area contributed by atoms with Crippen molar-refractivity contribution < 1.29 is 23.9 Å². The Labute approximate surface area is 129 Å². The van der Waals surface area contributed by atoms with Gasteiger partial charge in [0.1, 0.15) is 18.4 Å². The average Bonchev–Trinajstić information content (AvgIpc) is 3.15. The topological polar surface area (TPSA) is 84.0 Å². The first-order chi connectivity index (χ1) is 10.6. The summed E-state index contributed by atoms with van der Waals surface area (Å²) in [6, 6.07) is -0.889. The van der Waals surface area contributed by atoms with Crippen LogP contribution in [-0.4, -0.2) is 65.6 Å². The van der Waals surface area contributed by atoms with Crippen LogP contribution in [0.4, 0.5) is 0 Å². The average molecular weight is 310 g/mol. The molecule has 7 nitrogen and oxygen atoms in total. The van der Waals surface area contributed by atoms with Gasteiger partial charge in [0, 0.05) is 13.1 Å². The summed E-state index contributed by atoms with van der Waals surface area (Å²) in [4.78, 5) is 48.9. The van der Waals surface area contributed by atoms with E-state index in [0.29, 0.717) is 32.3 Å². The van der Waals surface area contributed by atoms with Crippen LogP contribution in [0.15, 0.2) is 0 Å². The van der Waals surface area contributed by atoms with E-state index >= 15 is 0 Å². The van der Waals surface area contributed by atoms with Crippen LogP contribution in [0.3, 0.4) is 0 Å². The number of nitrogens with zero attached hydrogens (tertiary/aromatic N) is 2. The number of carbonyl (C=O) groups is 4. The van der Waals surface area contributed by atoms with Crippen LogP contribution in [0.25, 0.3) is 0 Å². The summed E-state index contributed by atoms with van der Waals surface area (Å²) < 4.78 is 5.29. The molecule has 22 heavy (non-hydrogen) atoms. The van der Waals surface area contributed by atoms with E-state index < -0.39 is 18.1 Å². The highest BCUT2D eigenvalue weighted by atomic mass is 16.5. The largest absolute Gasteiger partial charge is 0.461 e. The third-order valence-corrected chi connectivity index (χ3v) is 4.26. The SMILES string of the molecule is CC(CC(=O)N1CCCC1C=O)OC(=O)C1CCCN1C=O. The van der Waals surface area contributed by atoms with E-state index in [2.05, 4.69) is 0 Å². The van der Waals surface area contributed by atoms with E-state index in [9.17, 15) is 19.2 Å². The fourth-order valence-corrected chi connectivity index (χ4v) is 3.09. The maximum Gasteiger partial charge on any atom is 0.329 e. The van der Waals surface area contributed by atoms with E-state index in [4.69, 9.17) is 4.74 Å². The molecule has 2 heterocycles. The number of ether oxygens (including phenoxy) is 1. The van der Waals surface area contributed by atoms with Crippen molar-refractivity contribution in [2.75, 3.05) is 13.1 Å². The number of esters is 1. The second kappa shape index (κ2) is 7.38. The molecule has 122 valence electrons. The quantitative estimate of drug-likeness (QED) is 0.514. The van der Waals surface area contributed by atoms with Gasteiger partial charge in [0.2, 0.25) is 12.3 Å².